The Bertz CT molecular complexity index is 896. The zero-order valence-corrected chi connectivity index (χ0v) is 14.3. The second-order valence-corrected chi connectivity index (χ2v) is 6.55. The zero-order valence-electron chi connectivity index (χ0n) is 14.3. The topological polar surface area (TPSA) is 94.0 Å². The number of nitrogens with two attached hydrogens (primary N) is 1. The van der Waals surface area contributed by atoms with Gasteiger partial charge < -0.3 is 15.6 Å². The predicted molar refractivity (Wildman–Crippen MR) is 98.2 cm³/mol. The Labute approximate surface area is 151 Å². The number of amides is 1. The lowest BCUT2D eigenvalue weighted by Crippen LogP contribution is -2.13. The molecule has 3 aromatic rings. The van der Waals surface area contributed by atoms with E-state index in [-0.39, 0.29) is 11.8 Å². The summed E-state index contributed by atoms with van der Waals surface area (Å²) in [6.07, 6.45) is 2.54. The summed E-state index contributed by atoms with van der Waals surface area (Å²) in [7, 11) is 0. The van der Waals surface area contributed by atoms with Crippen LogP contribution >= 0.6 is 0 Å². The van der Waals surface area contributed by atoms with Gasteiger partial charge in [-0.1, -0.05) is 41.6 Å². The second kappa shape index (κ2) is 7.09. The highest BCUT2D eigenvalue weighted by Crippen LogP contribution is 2.30. The van der Waals surface area contributed by atoms with Gasteiger partial charge in [-0.25, -0.2) is 0 Å². The van der Waals surface area contributed by atoms with Crippen molar-refractivity contribution < 1.29 is 9.32 Å². The number of rotatable bonds is 6. The van der Waals surface area contributed by atoms with E-state index in [1.54, 1.807) is 0 Å². The van der Waals surface area contributed by atoms with E-state index in [1.807, 2.05) is 48.5 Å². The highest BCUT2D eigenvalue weighted by molar-refractivity contribution is 5.94. The fourth-order valence-electron chi connectivity index (χ4n) is 2.70. The van der Waals surface area contributed by atoms with Crippen LogP contribution in [-0.4, -0.2) is 16.0 Å². The fraction of sp³-hybridized carbons (Fsp3) is 0.250. The van der Waals surface area contributed by atoms with Crippen molar-refractivity contribution in [3.05, 3.63) is 65.5 Å². The Kier molecular flexibility index (Phi) is 4.50. The molecule has 6 nitrogen and oxygen atoms in total. The lowest BCUT2D eigenvalue weighted by atomic mass is 10.1. The van der Waals surface area contributed by atoms with E-state index in [0.29, 0.717) is 24.7 Å². The molecule has 0 radical (unpaired) electrons. The molecule has 0 saturated heterocycles. The van der Waals surface area contributed by atoms with Crippen molar-refractivity contribution in [2.75, 3.05) is 5.32 Å². The molecule has 0 aliphatic heterocycles. The fourth-order valence-corrected chi connectivity index (χ4v) is 2.70. The van der Waals surface area contributed by atoms with E-state index in [4.69, 9.17) is 10.3 Å². The minimum atomic E-state index is 0.111. The molecule has 6 heteroatoms. The van der Waals surface area contributed by atoms with Crippen LogP contribution in [0.1, 0.15) is 29.9 Å². The Balaban J connectivity index is 1.40. The van der Waals surface area contributed by atoms with E-state index in [2.05, 4.69) is 15.5 Å². The molecule has 1 aromatic heterocycles. The molecule has 0 atom stereocenters. The third-order valence-corrected chi connectivity index (χ3v) is 4.44. The molecule has 2 aromatic carbocycles. The molecule has 0 spiro atoms. The van der Waals surface area contributed by atoms with E-state index in [1.165, 1.54) is 0 Å². The number of nitrogens with one attached hydrogen (secondary N) is 1. The van der Waals surface area contributed by atoms with Gasteiger partial charge >= 0.3 is 0 Å². The highest BCUT2D eigenvalue weighted by atomic mass is 16.5. The van der Waals surface area contributed by atoms with Crippen LogP contribution in [0.25, 0.3) is 11.4 Å². The van der Waals surface area contributed by atoms with Crippen LogP contribution in [0.15, 0.2) is 53.1 Å². The molecule has 132 valence electrons. The molecule has 1 heterocycles. The number of nitrogens with zero attached hydrogens (tertiary/aromatic N) is 2. The average Bonchev–Trinajstić information content (AvgIpc) is 3.43. The van der Waals surface area contributed by atoms with Crippen molar-refractivity contribution in [2.45, 2.75) is 25.8 Å². The first-order valence-electron chi connectivity index (χ1n) is 8.73. The van der Waals surface area contributed by atoms with Gasteiger partial charge in [0, 0.05) is 23.7 Å². The second-order valence-electron chi connectivity index (χ2n) is 6.55. The highest BCUT2D eigenvalue weighted by Gasteiger charge is 2.29. The van der Waals surface area contributed by atoms with Gasteiger partial charge in [0.05, 0.1) is 6.42 Å². The van der Waals surface area contributed by atoms with Crippen LogP contribution in [0.4, 0.5) is 5.69 Å². The van der Waals surface area contributed by atoms with Crippen LogP contribution in [0, 0.1) is 5.92 Å². The normalized spacial score (nSPS) is 13.6. The van der Waals surface area contributed by atoms with Gasteiger partial charge in [0.25, 0.3) is 0 Å². The number of carbonyl (C=O) groups excluding carboxylic acids is 1. The number of aromatic nitrogens is 2. The van der Waals surface area contributed by atoms with Crippen molar-refractivity contribution >= 4 is 11.6 Å². The number of hydrogen-bond acceptors (Lipinski definition) is 5. The van der Waals surface area contributed by atoms with Crippen molar-refractivity contribution in [1.29, 1.82) is 0 Å². The van der Waals surface area contributed by atoms with Gasteiger partial charge in [-0.15, -0.1) is 0 Å². The Morgan fingerprint density at radius 2 is 1.77 bits per heavy atom. The molecule has 4 rings (SSSR count). The Hall–Kier alpha value is -2.99. The molecular formula is C20H20N4O2. The average molecular weight is 348 g/mol. The number of benzene rings is 2. The van der Waals surface area contributed by atoms with E-state index < -0.39 is 0 Å². The van der Waals surface area contributed by atoms with Crippen LogP contribution in [0.2, 0.25) is 0 Å². The van der Waals surface area contributed by atoms with Crippen LogP contribution in [0.3, 0.4) is 0 Å². The van der Waals surface area contributed by atoms with Gasteiger partial charge in [0.2, 0.25) is 17.6 Å². The van der Waals surface area contributed by atoms with Gasteiger partial charge in [-0.3, -0.25) is 4.79 Å². The summed E-state index contributed by atoms with van der Waals surface area (Å²) in [6, 6.07) is 15.5. The van der Waals surface area contributed by atoms with Crippen LogP contribution in [0.5, 0.6) is 0 Å². The van der Waals surface area contributed by atoms with E-state index >= 15 is 0 Å². The molecule has 1 aliphatic carbocycles. The first kappa shape index (κ1) is 16.5. The summed E-state index contributed by atoms with van der Waals surface area (Å²) in [5.74, 6) is 1.43. The van der Waals surface area contributed by atoms with Crippen molar-refractivity contribution in [3.8, 4) is 11.4 Å². The lowest BCUT2D eigenvalue weighted by molar-refractivity contribution is -0.117. The van der Waals surface area contributed by atoms with Gasteiger partial charge in [0.15, 0.2) is 0 Å². The SMILES string of the molecule is NCc1ccc(-c2noc(Cc3ccc(NC(=O)C4CC4)cc3)n2)cc1. The molecule has 1 amide bonds. The first-order chi connectivity index (χ1) is 12.7. The number of carbonyl (C=O) groups is 1. The Morgan fingerprint density at radius 1 is 1.08 bits per heavy atom. The monoisotopic (exact) mass is 348 g/mol. The third kappa shape index (κ3) is 3.81. The maximum atomic E-state index is 11.8. The predicted octanol–water partition coefficient (Wildman–Crippen LogP) is 3.13. The smallest absolute Gasteiger partial charge is 0.231 e. The number of hydrogen-bond donors (Lipinski definition) is 2. The zero-order chi connectivity index (χ0) is 17.9. The first-order valence-corrected chi connectivity index (χ1v) is 8.73. The number of anilines is 1. The maximum absolute atomic E-state index is 11.8. The standard InChI is InChI=1S/C20H20N4O2/c21-12-14-1-5-15(6-2-14)19-23-18(26-24-19)11-13-3-9-17(10-4-13)22-20(25)16-7-8-16/h1-6,9-10,16H,7-8,11-12,21H2,(H,22,25). The van der Waals surface area contributed by atoms with Crippen LogP contribution in [-0.2, 0) is 17.8 Å². The minimum absolute atomic E-state index is 0.111. The molecule has 1 fully saturated rings. The summed E-state index contributed by atoms with van der Waals surface area (Å²) in [6.45, 7) is 0.509. The summed E-state index contributed by atoms with van der Waals surface area (Å²) >= 11 is 0. The summed E-state index contributed by atoms with van der Waals surface area (Å²) in [5.41, 5.74) is 9.43. The summed E-state index contributed by atoms with van der Waals surface area (Å²) in [4.78, 5) is 16.2. The minimum Gasteiger partial charge on any atom is -0.339 e. The lowest BCUT2D eigenvalue weighted by Gasteiger charge is -2.04. The molecule has 0 unspecified atom stereocenters. The molecule has 26 heavy (non-hydrogen) atoms. The Morgan fingerprint density at radius 3 is 2.42 bits per heavy atom. The molecule has 3 N–H and O–H groups in total. The largest absolute Gasteiger partial charge is 0.339 e. The van der Waals surface area contributed by atoms with Gasteiger partial charge in [0.1, 0.15) is 0 Å². The molecule has 1 aliphatic rings. The van der Waals surface area contributed by atoms with Crippen molar-refractivity contribution in [2.24, 2.45) is 11.7 Å². The quantitative estimate of drug-likeness (QED) is 0.714. The van der Waals surface area contributed by atoms with Crippen LogP contribution < -0.4 is 11.1 Å². The van der Waals surface area contributed by atoms with Crippen molar-refractivity contribution in [1.82, 2.24) is 10.1 Å². The van der Waals surface area contributed by atoms with Gasteiger partial charge in [-0.2, -0.15) is 4.98 Å². The maximum Gasteiger partial charge on any atom is 0.231 e. The van der Waals surface area contributed by atoms with E-state index in [9.17, 15) is 4.79 Å². The molecule has 1 saturated carbocycles. The third-order valence-electron chi connectivity index (χ3n) is 4.44. The summed E-state index contributed by atoms with van der Waals surface area (Å²) < 4.78 is 5.36. The van der Waals surface area contributed by atoms with E-state index in [0.717, 1.165) is 35.2 Å². The molecular weight excluding hydrogens is 328 g/mol. The molecule has 0 bridgehead atoms. The van der Waals surface area contributed by atoms with Gasteiger partial charge in [-0.05, 0) is 36.1 Å². The van der Waals surface area contributed by atoms with Crippen molar-refractivity contribution in [3.63, 3.8) is 0 Å². The summed E-state index contributed by atoms with van der Waals surface area (Å²) in [5, 5.41) is 6.98.